The van der Waals surface area contributed by atoms with Gasteiger partial charge in [0.2, 0.25) is 16.0 Å². The molecule has 1 saturated heterocycles. The third kappa shape index (κ3) is 3.87. The van der Waals surface area contributed by atoms with E-state index >= 15 is 0 Å². The summed E-state index contributed by atoms with van der Waals surface area (Å²) in [7, 11) is -3.10. The molecule has 0 radical (unpaired) electrons. The fourth-order valence-electron chi connectivity index (χ4n) is 2.21. The molecule has 8 heteroatoms. The van der Waals surface area contributed by atoms with E-state index < -0.39 is 10.0 Å². The summed E-state index contributed by atoms with van der Waals surface area (Å²) in [6.07, 6.45) is 5.56. The van der Waals surface area contributed by atoms with Crippen molar-refractivity contribution in [2.45, 2.75) is 19.4 Å². The van der Waals surface area contributed by atoms with Crippen molar-refractivity contribution in [1.82, 2.24) is 14.3 Å². The van der Waals surface area contributed by atoms with E-state index in [9.17, 15) is 8.42 Å². The molecule has 112 valence electrons. The van der Waals surface area contributed by atoms with Crippen LogP contribution < -0.4 is 10.6 Å². The lowest BCUT2D eigenvalue weighted by molar-refractivity contribution is 0.385. The standard InChI is InChI=1S/C12H21N5O2S/c1-10(13)7-11-8-14-12(15-9-11)16-3-5-17(6-4-16)20(2,18)19/h8-10H,3-7,13H2,1-2H3. The van der Waals surface area contributed by atoms with Crippen LogP contribution in [-0.4, -0.2) is 61.2 Å². The number of anilines is 1. The Morgan fingerprint density at radius 1 is 1.25 bits per heavy atom. The molecule has 1 aromatic heterocycles. The first-order valence-corrected chi connectivity index (χ1v) is 8.47. The van der Waals surface area contributed by atoms with Crippen molar-refractivity contribution in [1.29, 1.82) is 0 Å². The minimum atomic E-state index is -3.10. The molecule has 1 aromatic rings. The van der Waals surface area contributed by atoms with E-state index in [0.717, 1.165) is 12.0 Å². The zero-order valence-electron chi connectivity index (χ0n) is 11.9. The number of nitrogens with zero attached hydrogens (tertiary/aromatic N) is 4. The first-order valence-electron chi connectivity index (χ1n) is 6.63. The molecule has 2 rings (SSSR count). The molecule has 0 saturated carbocycles. The van der Waals surface area contributed by atoms with Crippen LogP contribution in [-0.2, 0) is 16.4 Å². The predicted molar refractivity (Wildman–Crippen MR) is 78.0 cm³/mol. The molecule has 0 amide bonds. The summed E-state index contributed by atoms with van der Waals surface area (Å²) in [5.74, 6) is 0.645. The third-order valence-corrected chi connectivity index (χ3v) is 4.54. The highest BCUT2D eigenvalue weighted by Gasteiger charge is 2.24. The summed E-state index contributed by atoms with van der Waals surface area (Å²) < 4.78 is 24.4. The minimum absolute atomic E-state index is 0.0859. The van der Waals surface area contributed by atoms with Gasteiger partial charge in [-0.2, -0.15) is 4.31 Å². The number of sulfonamides is 1. The Morgan fingerprint density at radius 3 is 2.25 bits per heavy atom. The van der Waals surface area contributed by atoms with Gasteiger partial charge in [-0.05, 0) is 18.9 Å². The molecule has 7 nitrogen and oxygen atoms in total. The van der Waals surface area contributed by atoms with Gasteiger partial charge >= 0.3 is 0 Å². The molecule has 1 atom stereocenters. The fourth-order valence-corrected chi connectivity index (χ4v) is 3.03. The van der Waals surface area contributed by atoms with Crippen LogP contribution in [0.3, 0.4) is 0 Å². The van der Waals surface area contributed by atoms with Gasteiger partial charge < -0.3 is 10.6 Å². The molecule has 1 fully saturated rings. The van der Waals surface area contributed by atoms with Gasteiger partial charge in [0.1, 0.15) is 0 Å². The van der Waals surface area contributed by atoms with E-state index in [1.54, 1.807) is 12.4 Å². The van der Waals surface area contributed by atoms with Crippen molar-refractivity contribution >= 4 is 16.0 Å². The van der Waals surface area contributed by atoms with Gasteiger partial charge in [-0.25, -0.2) is 18.4 Å². The molecule has 20 heavy (non-hydrogen) atoms. The maximum Gasteiger partial charge on any atom is 0.225 e. The Labute approximate surface area is 119 Å². The lowest BCUT2D eigenvalue weighted by Gasteiger charge is -2.33. The van der Waals surface area contributed by atoms with Crippen molar-refractivity contribution in [3.05, 3.63) is 18.0 Å². The maximum absolute atomic E-state index is 11.4. The van der Waals surface area contributed by atoms with E-state index in [1.807, 2.05) is 11.8 Å². The fraction of sp³-hybridized carbons (Fsp3) is 0.667. The molecule has 2 N–H and O–H groups in total. The van der Waals surface area contributed by atoms with Gasteiger partial charge in [0.15, 0.2) is 0 Å². The average Bonchev–Trinajstić information content (AvgIpc) is 2.38. The lowest BCUT2D eigenvalue weighted by Crippen LogP contribution is -2.48. The van der Waals surface area contributed by atoms with Gasteiger partial charge in [0.05, 0.1) is 6.26 Å². The molecule has 1 aliphatic heterocycles. The molecule has 1 unspecified atom stereocenters. The van der Waals surface area contributed by atoms with Gasteiger partial charge in [-0.3, -0.25) is 0 Å². The summed E-state index contributed by atoms with van der Waals surface area (Å²) in [6, 6.07) is 0.0859. The van der Waals surface area contributed by atoms with Crippen LogP contribution in [0.5, 0.6) is 0 Å². The Hall–Kier alpha value is -1.25. The van der Waals surface area contributed by atoms with Crippen LogP contribution in [0.25, 0.3) is 0 Å². The minimum Gasteiger partial charge on any atom is -0.338 e. The summed E-state index contributed by atoms with van der Waals surface area (Å²) in [5.41, 5.74) is 6.75. The molecule has 0 aliphatic carbocycles. The van der Waals surface area contributed by atoms with E-state index in [4.69, 9.17) is 5.73 Å². The predicted octanol–water partition coefficient (Wildman–Crippen LogP) is -0.552. The van der Waals surface area contributed by atoms with Gasteiger partial charge in [0.25, 0.3) is 0 Å². The first-order chi connectivity index (χ1) is 9.36. The average molecular weight is 299 g/mol. The second-order valence-corrected chi connectivity index (χ2v) is 7.20. The van der Waals surface area contributed by atoms with Crippen molar-refractivity contribution < 1.29 is 8.42 Å². The molecule has 0 spiro atoms. The zero-order valence-corrected chi connectivity index (χ0v) is 12.7. The summed E-state index contributed by atoms with van der Waals surface area (Å²) in [5, 5.41) is 0. The number of nitrogens with two attached hydrogens (primary N) is 1. The van der Waals surface area contributed by atoms with Crippen LogP contribution in [0, 0.1) is 0 Å². The van der Waals surface area contributed by atoms with Gasteiger partial charge in [-0.15, -0.1) is 0 Å². The second-order valence-electron chi connectivity index (χ2n) is 5.22. The monoisotopic (exact) mass is 299 g/mol. The molecular weight excluding hydrogens is 278 g/mol. The summed E-state index contributed by atoms with van der Waals surface area (Å²) >= 11 is 0. The highest BCUT2D eigenvalue weighted by atomic mass is 32.2. The van der Waals surface area contributed by atoms with Gasteiger partial charge in [0, 0.05) is 44.6 Å². The molecule has 1 aliphatic rings. The topological polar surface area (TPSA) is 92.4 Å². The molecule has 0 aromatic carbocycles. The number of hydrogen-bond donors (Lipinski definition) is 1. The first kappa shape index (κ1) is 15.1. The van der Waals surface area contributed by atoms with Crippen molar-refractivity contribution in [2.75, 3.05) is 37.3 Å². The highest BCUT2D eigenvalue weighted by Crippen LogP contribution is 2.13. The normalized spacial score (nSPS) is 19.1. The van der Waals surface area contributed by atoms with Crippen LogP contribution in [0.4, 0.5) is 5.95 Å². The number of aromatic nitrogens is 2. The number of piperazine rings is 1. The van der Waals surface area contributed by atoms with Crippen LogP contribution in [0.1, 0.15) is 12.5 Å². The maximum atomic E-state index is 11.4. The van der Waals surface area contributed by atoms with Crippen LogP contribution in [0.2, 0.25) is 0 Å². The summed E-state index contributed by atoms with van der Waals surface area (Å²) in [6.45, 7) is 4.12. The quantitative estimate of drug-likeness (QED) is 0.802. The Balaban J connectivity index is 1.97. The second kappa shape index (κ2) is 6.02. The third-order valence-electron chi connectivity index (χ3n) is 3.24. The Kier molecular flexibility index (Phi) is 4.56. The van der Waals surface area contributed by atoms with E-state index in [-0.39, 0.29) is 6.04 Å². The van der Waals surface area contributed by atoms with E-state index in [0.29, 0.717) is 32.1 Å². The van der Waals surface area contributed by atoms with Gasteiger partial charge in [-0.1, -0.05) is 0 Å². The van der Waals surface area contributed by atoms with Crippen molar-refractivity contribution in [3.63, 3.8) is 0 Å². The van der Waals surface area contributed by atoms with Crippen molar-refractivity contribution in [2.24, 2.45) is 5.73 Å². The number of rotatable bonds is 4. The highest BCUT2D eigenvalue weighted by molar-refractivity contribution is 7.88. The Bertz CT molecular complexity index is 535. The van der Waals surface area contributed by atoms with Crippen molar-refractivity contribution in [3.8, 4) is 0 Å². The molecular formula is C12H21N5O2S. The summed E-state index contributed by atoms with van der Waals surface area (Å²) in [4.78, 5) is 10.7. The molecule has 0 bridgehead atoms. The SMILES string of the molecule is CC(N)Cc1cnc(N2CCN(S(C)(=O)=O)CC2)nc1. The van der Waals surface area contributed by atoms with Crippen LogP contribution in [0.15, 0.2) is 12.4 Å². The largest absolute Gasteiger partial charge is 0.338 e. The smallest absolute Gasteiger partial charge is 0.225 e. The van der Waals surface area contributed by atoms with E-state index in [1.165, 1.54) is 10.6 Å². The molecule has 2 heterocycles. The zero-order chi connectivity index (χ0) is 14.8. The Morgan fingerprint density at radius 2 is 1.80 bits per heavy atom. The lowest BCUT2D eigenvalue weighted by atomic mass is 10.1. The van der Waals surface area contributed by atoms with Crippen LogP contribution >= 0.6 is 0 Å². The van der Waals surface area contributed by atoms with E-state index in [2.05, 4.69) is 9.97 Å². The number of hydrogen-bond acceptors (Lipinski definition) is 6.